The number of carbonyl (C=O) groups is 1. The van der Waals surface area contributed by atoms with Crippen LogP contribution in [0, 0.1) is 0 Å². The van der Waals surface area contributed by atoms with Gasteiger partial charge in [0.1, 0.15) is 0 Å². The highest BCUT2D eigenvalue weighted by Crippen LogP contribution is 2.21. The van der Waals surface area contributed by atoms with Crippen LogP contribution in [0.1, 0.15) is 31.7 Å². The van der Waals surface area contributed by atoms with Crippen LogP contribution in [-0.4, -0.2) is 56.3 Å². The van der Waals surface area contributed by atoms with Crippen LogP contribution in [-0.2, 0) is 14.8 Å². The van der Waals surface area contributed by atoms with Crippen molar-refractivity contribution in [2.24, 2.45) is 0 Å². The van der Waals surface area contributed by atoms with Gasteiger partial charge in [-0.25, -0.2) is 8.42 Å². The van der Waals surface area contributed by atoms with Crippen molar-refractivity contribution < 1.29 is 13.2 Å². The zero-order valence-electron chi connectivity index (χ0n) is 17.0. The van der Waals surface area contributed by atoms with E-state index in [1.165, 1.54) is 9.87 Å². The molecule has 3 rings (SSSR count). The van der Waals surface area contributed by atoms with Crippen molar-refractivity contribution in [2.75, 3.05) is 38.0 Å². The summed E-state index contributed by atoms with van der Waals surface area (Å²) in [5.41, 5.74) is 2.05. The summed E-state index contributed by atoms with van der Waals surface area (Å²) in [6.45, 7) is 6.43. The highest BCUT2D eigenvalue weighted by molar-refractivity contribution is 7.89. The summed E-state index contributed by atoms with van der Waals surface area (Å²) in [4.78, 5) is 14.7. The summed E-state index contributed by atoms with van der Waals surface area (Å²) in [6, 6.07) is 16.4. The van der Waals surface area contributed by atoms with Crippen LogP contribution in [0.5, 0.6) is 0 Å². The number of amides is 1. The minimum Gasteiger partial charge on any atom is -0.325 e. The van der Waals surface area contributed by atoms with Crippen LogP contribution >= 0.6 is 0 Å². The van der Waals surface area contributed by atoms with E-state index in [4.69, 9.17) is 0 Å². The summed E-state index contributed by atoms with van der Waals surface area (Å²) in [7, 11) is -3.47. The van der Waals surface area contributed by atoms with Gasteiger partial charge in [-0.05, 0) is 42.2 Å². The van der Waals surface area contributed by atoms with Crippen molar-refractivity contribution in [3.8, 4) is 0 Å². The Kier molecular flexibility index (Phi) is 7.05. The monoisotopic (exact) mass is 415 g/mol. The molecule has 1 atom stereocenters. The van der Waals surface area contributed by atoms with E-state index in [0.29, 0.717) is 37.0 Å². The first-order valence-corrected chi connectivity index (χ1v) is 11.5. The largest absolute Gasteiger partial charge is 0.325 e. The molecule has 1 aliphatic heterocycles. The second-order valence-electron chi connectivity index (χ2n) is 7.47. The van der Waals surface area contributed by atoms with E-state index in [1.807, 2.05) is 17.0 Å². The average molecular weight is 416 g/mol. The van der Waals surface area contributed by atoms with Crippen LogP contribution in [0.2, 0.25) is 0 Å². The number of hydrogen-bond acceptors (Lipinski definition) is 4. The van der Waals surface area contributed by atoms with Crippen LogP contribution in [0.25, 0.3) is 0 Å². The first kappa shape index (κ1) is 21.5. The second-order valence-corrected chi connectivity index (χ2v) is 9.41. The Morgan fingerprint density at radius 1 is 1.00 bits per heavy atom. The number of benzene rings is 2. The number of hydrogen-bond donors (Lipinski definition) is 1. The first-order chi connectivity index (χ1) is 13.9. The normalized spacial score (nSPS) is 17.0. The van der Waals surface area contributed by atoms with Crippen molar-refractivity contribution in [1.29, 1.82) is 0 Å². The quantitative estimate of drug-likeness (QED) is 0.754. The molecule has 1 fully saturated rings. The van der Waals surface area contributed by atoms with Gasteiger partial charge < -0.3 is 5.32 Å². The molecule has 1 aliphatic rings. The number of piperazine rings is 1. The van der Waals surface area contributed by atoms with E-state index in [9.17, 15) is 13.2 Å². The molecule has 0 spiro atoms. The minimum atomic E-state index is -3.47. The smallest absolute Gasteiger partial charge is 0.243 e. The zero-order chi connectivity index (χ0) is 20.9. The standard InChI is InChI=1S/C22H29N3O3S/c1-3-18(2)19-9-11-20(12-10-19)23-22(26)17-24-13-15-25(16-14-24)29(27,28)21-7-5-4-6-8-21/h4-12,18H,3,13-17H2,1-2H3,(H,23,26)/t18-/m1/s1. The summed E-state index contributed by atoms with van der Waals surface area (Å²) < 4.78 is 26.9. The Morgan fingerprint density at radius 3 is 2.21 bits per heavy atom. The second kappa shape index (κ2) is 9.52. The molecule has 7 heteroatoms. The van der Waals surface area contributed by atoms with Crippen LogP contribution in [0.15, 0.2) is 59.5 Å². The molecule has 1 saturated heterocycles. The molecule has 0 aromatic heterocycles. The van der Waals surface area contributed by atoms with E-state index < -0.39 is 10.0 Å². The number of anilines is 1. The number of carbonyl (C=O) groups excluding carboxylic acids is 1. The SMILES string of the molecule is CC[C@@H](C)c1ccc(NC(=O)CN2CCN(S(=O)(=O)c3ccccc3)CC2)cc1. The molecule has 2 aromatic carbocycles. The number of nitrogens with zero attached hydrogens (tertiary/aromatic N) is 2. The average Bonchev–Trinajstić information content (AvgIpc) is 2.74. The lowest BCUT2D eigenvalue weighted by Crippen LogP contribution is -2.50. The summed E-state index contributed by atoms with van der Waals surface area (Å²) in [5, 5.41) is 2.93. The van der Waals surface area contributed by atoms with Crippen LogP contribution in [0.4, 0.5) is 5.69 Å². The molecular formula is C22H29N3O3S. The Morgan fingerprint density at radius 2 is 1.62 bits per heavy atom. The number of sulfonamides is 1. The fraction of sp³-hybridized carbons (Fsp3) is 0.409. The number of nitrogens with one attached hydrogen (secondary N) is 1. The van der Waals surface area contributed by atoms with Crippen LogP contribution < -0.4 is 5.32 Å². The third-order valence-corrected chi connectivity index (χ3v) is 7.37. The maximum absolute atomic E-state index is 12.7. The molecule has 1 heterocycles. The molecule has 29 heavy (non-hydrogen) atoms. The maximum atomic E-state index is 12.7. The van der Waals surface area contributed by atoms with Gasteiger partial charge in [0.2, 0.25) is 15.9 Å². The lowest BCUT2D eigenvalue weighted by atomic mass is 9.99. The van der Waals surface area contributed by atoms with Crippen LogP contribution in [0.3, 0.4) is 0 Å². The van der Waals surface area contributed by atoms with Gasteiger partial charge >= 0.3 is 0 Å². The summed E-state index contributed by atoms with van der Waals surface area (Å²) in [5.74, 6) is 0.420. The summed E-state index contributed by atoms with van der Waals surface area (Å²) in [6.07, 6.45) is 1.08. The van der Waals surface area contributed by atoms with Gasteiger partial charge in [-0.3, -0.25) is 9.69 Å². The lowest BCUT2D eigenvalue weighted by Gasteiger charge is -2.33. The molecule has 0 unspecified atom stereocenters. The van der Waals surface area contributed by atoms with E-state index >= 15 is 0 Å². The van der Waals surface area contributed by atoms with Crippen molar-refractivity contribution in [2.45, 2.75) is 31.1 Å². The number of rotatable bonds is 7. The zero-order valence-corrected chi connectivity index (χ0v) is 17.9. The van der Waals surface area contributed by atoms with Crippen molar-refractivity contribution in [3.63, 3.8) is 0 Å². The fourth-order valence-corrected chi connectivity index (χ4v) is 4.85. The third kappa shape index (κ3) is 5.44. The highest BCUT2D eigenvalue weighted by Gasteiger charge is 2.28. The van der Waals surface area contributed by atoms with Crippen molar-refractivity contribution in [1.82, 2.24) is 9.21 Å². The van der Waals surface area contributed by atoms with Gasteiger partial charge in [-0.2, -0.15) is 4.31 Å². The van der Waals surface area contributed by atoms with Gasteiger partial charge in [0.15, 0.2) is 0 Å². The topological polar surface area (TPSA) is 69.7 Å². The third-order valence-electron chi connectivity index (χ3n) is 5.46. The van der Waals surface area contributed by atoms with Gasteiger partial charge in [0, 0.05) is 31.9 Å². The maximum Gasteiger partial charge on any atom is 0.243 e. The van der Waals surface area contributed by atoms with Crippen molar-refractivity contribution >= 4 is 21.6 Å². The Balaban J connectivity index is 1.50. The molecule has 2 aromatic rings. The molecule has 6 nitrogen and oxygen atoms in total. The molecule has 1 amide bonds. The minimum absolute atomic E-state index is 0.0827. The van der Waals surface area contributed by atoms with E-state index in [0.717, 1.165) is 12.1 Å². The van der Waals surface area contributed by atoms with Gasteiger partial charge in [0.05, 0.1) is 11.4 Å². The van der Waals surface area contributed by atoms with Crippen molar-refractivity contribution in [3.05, 3.63) is 60.2 Å². The van der Waals surface area contributed by atoms with E-state index in [1.54, 1.807) is 30.3 Å². The molecule has 0 radical (unpaired) electrons. The first-order valence-electron chi connectivity index (χ1n) is 10.1. The molecular weight excluding hydrogens is 386 g/mol. The Bertz CT molecular complexity index is 906. The predicted molar refractivity (Wildman–Crippen MR) is 115 cm³/mol. The van der Waals surface area contributed by atoms with Gasteiger partial charge in [-0.1, -0.05) is 44.2 Å². The van der Waals surface area contributed by atoms with Gasteiger partial charge in [-0.15, -0.1) is 0 Å². The molecule has 0 aliphatic carbocycles. The molecule has 0 saturated carbocycles. The summed E-state index contributed by atoms with van der Waals surface area (Å²) >= 11 is 0. The predicted octanol–water partition coefficient (Wildman–Crippen LogP) is 3.15. The molecule has 1 N–H and O–H groups in total. The molecule has 156 valence electrons. The highest BCUT2D eigenvalue weighted by atomic mass is 32.2. The fourth-order valence-electron chi connectivity index (χ4n) is 3.40. The van der Waals surface area contributed by atoms with E-state index in [-0.39, 0.29) is 12.5 Å². The lowest BCUT2D eigenvalue weighted by molar-refractivity contribution is -0.117. The Labute approximate surface area is 173 Å². The molecule has 0 bridgehead atoms. The van der Waals surface area contributed by atoms with Gasteiger partial charge in [0.25, 0.3) is 0 Å². The van der Waals surface area contributed by atoms with E-state index in [2.05, 4.69) is 31.3 Å². The Hall–Kier alpha value is -2.22.